The Morgan fingerprint density at radius 3 is 2.16 bits per heavy atom. The first-order valence-corrected chi connectivity index (χ1v) is 8.76. The molecular formula is C16H10F3NO4S. The van der Waals surface area contributed by atoms with Crippen molar-refractivity contribution in [2.75, 3.05) is 6.26 Å². The maximum atomic E-state index is 13.4. The van der Waals surface area contributed by atoms with Gasteiger partial charge in [-0.2, -0.15) is 13.2 Å². The third-order valence-corrected chi connectivity index (χ3v) is 4.70. The number of carbonyl (C=O) groups excluding carboxylic acids is 2. The van der Waals surface area contributed by atoms with Crippen LogP contribution in [0.2, 0.25) is 0 Å². The van der Waals surface area contributed by atoms with Crippen LogP contribution in [0, 0.1) is 0 Å². The molecule has 0 aliphatic heterocycles. The molecule has 5 nitrogen and oxygen atoms in total. The van der Waals surface area contributed by atoms with E-state index in [1.54, 1.807) is 18.2 Å². The third kappa shape index (κ3) is 2.80. The summed E-state index contributed by atoms with van der Waals surface area (Å²) >= 11 is 0. The summed E-state index contributed by atoms with van der Waals surface area (Å²) in [5.41, 5.74) is -2.57. The van der Waals surface area contributed by atoms with Gasteiger partial charge >= 0.3 is 6.18 Å². The van der Waals surface area contributed by atoms with Gasteiger partial charge in [-0.15, -0.1) is 0 Å². The number of aromatic nitrogens is 1. The maximum absolute atomic E-state index is 13.4. The maximum Gasteiger partial charge on any atom is 0.418 e. The van der Waals surface area contributed by atoms with Gasteiger partial charge in [-0.1, -0.05) is 30.3 Å². The summed E-state index contributed by atoms with van der Waals surface area (Å²) in [6, 6.07) is 7.82. The normalized spacial score (nSPS) is 15.1. The van der Waals surface area contributed by atoms with Crippen LogP contribution < -0.4 is 0 Å². The van der Waals surface area contributed by atoms with Gasteiger partial charge in [-0.05, 0) is 5.56 Å². The molecule has 3 rings (SSSR count). The lowest BCUT2D eigenvalue weighted by atomic mass is 9.90. The van der Waals surface area contributed by atoms with Crippen LogP contribution in [0.15, 0.2) is 42.6 Å². The molecule has 25 heavy (non-hydrogen) atoms. The topological polar surface area (TPSA) is 73.2 Å². The molecule has 0 saturated carbocycles. The van der Waals surface area contributed by atoms with Crippen molar-refractivity contribution in [2.24, 2.45) is 0 Å². The van der Waals surface area contributed by atoms with Crippen molar-refractivity contribution in [3.05, 3.63) is 53.9 Å². The summed E-state index contributed by atoms with van der Waals surface area (Å²) < 4.78 is 64.4. The highest BCUT2D eigenvalue weighted by molar-refractivity contribution is 7.89. The number of rotatable bonds is 2. The molecule has 0 unspecified atom stereocenters. The van der Waals surface area contributed by atoms with Crippen LogP contribution in [0.5, 0.6) is 0 Å². The molecule has 130 valence electrons. The SMILES string of the molecule is CS(=O)(=O)n1cc(-c2ccccc2)c2c1C(C(F)(F)F)=CC(=O)C2=O. The van der Waals surface area contributed by atoms with Crippen molar-refractivity contribution in [3.8, 4) is 11.1 Å². The van der Waals surface area contributed by atoms with Crippen LogP contribution in [0.25, 0.3) is 16.7 Å². The smallest absolute Gasteiger partial charge is 0.286 e. The first-order chi connectivity index (χ1) is 11.5. The second-order valence-electron chi connectivity index (χ2n) is 5.44. The predicted molar refractivity (Wildman–Crippen MR) is 83.5 cm³/mol. The number of allylic oxidation sites excluding steroid dienone is 2. The van der Waals surface area contributed by atoms with Crippen molar-refractivity contribution < 1.29 is 31.2 Å². The van der Waals surface area contributed by atoms with Gasteiger partial charge < -0.3 is 0 Å². The number of hydrogen-bond acceptors (Lipinski definition) is 4. The number of ketones is 2. The van der Waals surface area contributed by atoms with Gasteiger partial charge in [0.2, 0.25) is 21.6 Å². The summed E-state index contributed by atoms with van der Waals surface area (Å²) in [6.45, 7) is 0. The molecular weight excluding hydrogens is 359 g/mol. The summed E-state index contributed by atoms with van der Waals surface area (Å²) in [5, 5.41) is 0. The molecule has 2 aromatic rings. The molecule has 1 aliphatic carbocycles. The van der Waals surface area contributed by atoms with Crippen LogP contribution in [0.1, 0.15) is 16.1 Å². The van der Waals surface area contributed by atoms with Gasteiger partial charge in [0.1, 0.15) is 0 Å². The lowest BCUT2D eigenvalue weighted by molar-refractivity contribution is -0.111. The van der Waals surface area contributed by atoms with Crippen LogP contribution in [-0.2, 0) is 14.8 Å². The van der Waals surface area contributed by atoms with Crippen LogP contribution >= 0.6 is 0 Å². The van der Waals surface area contributed by atoms with Crippen molar-refractivity contribution in [1.29, 1.82) is 0 Å². The lowest BCUT2D eigenvalue weighted by Crippen LogP contribution is -2.27. The Labute approximate surface area is 140 Å². The summed E-state index contributed by atoms with van der Waals surface area (Å²) in [7, 11) is -4.15. The second-order valence-corrected chi connectivity index (χ2v) is 7.30. The van der Waals surface area contributed by atoms with E-state index >= 15 is 0 Å². The number of halogens is 3. The Hall–Kier alpha value is -2.68. The van der Waals surface area contributed by atoms with E-state index in [-0.39, 0.29) is 11.6 Å². The Kier molecular flexibility index (Phi) is 3.72. The molecule has 0 saturated heterocycles. The van der Waals surface area contributed by atoms with Gasteiger partial charge in [0, 0.05) is 17.8 Å². The highest BCUT2D eigenvalue weighted by Gasteiger charge is 2.45. The molecule has 0 fully saturated rings. The number of Topliss-reactive ketones (excluding diaryl/α,β-unsaturated/α-hetero) is 1. The number of fused-ring (bicyclic) bond motifs is 1. The largest absolute Gasteiger partial charge is 0.418 e. The monoisotopic (exact) mass is 369 g/mol. The van der Waals surface area contributed by atoms with E-state index in [9.17, 15) is 31.2 Å². The Morgan fingerprint density at radius 1 is 1.04 bits per heavy atom. The molecule has 0 amide bonds. The molecule has 1 heterocycles. The van der Waals surface area contributed by atoms with Crippen LogP contribution in [-0.4, -0.2) is 36.4 Å². The molecule has 1 aliphatic rings. The number of carbonyl (C=O) groups is 2. The van der Waals surface area contributed by atoms with Crippen molar-refractivity contribution in [3.63, 3.8) is 0 Å². The number of hydrogen-bond donors (Lipinski definition) is 0. The van der Waals surface area contributed by atoms with E-state index in [4.69, 9.17) is 0 Å². The van der Waals surface area contributed by atoms with Crippen molar-refractivity contribution in [2.45, 2.75) is 6.18 Å². The van der Waals surface area contributed by atoms with E-state index < -0.39 is 44.6 Å². The lowest BCUT2D eigenvalue weighted by Gasteiger charge is -2.18. The fraction of sp³-hybridized carbons (Fsp3) is 0.125. The molecule has 1 aromatic heterocycles. The molecule has 0 N–H and O–H groups in total. The Bertz CT molecular complexity index is 1030. The van der Waals surface area contributed by atoms with Crippen LogP contribution in [0.3, 0.4) is 0 Å². The van der Waals surface area contributed by atoms with Crippen LogP contribution in [0.4, 0.5) is 13.2 Å². The van der Waals surface area contributed by atoms with Crippen molar-refractivity contribution >= 4 is 27.2 Å². The van der Waals surface area contributed by atoms with E-state index in [2.05, 4.69) is 0 Å². The van der Waals surface area contributed by atoms with Gasteiger partial charge in [-0.25, -0.2) is 12.4 Å². The van der Waals surface area contributed by atoms with Crippen molar-refractivity contribution in [1.82, 2.24) is 3.97 Å². The standard InChI is InChI=1S/C16H10F3NO4S/c1-25(23,24)20-8-10(9-5-3-2-4-6-9)13-14(20)11(16(17,18)19)7-12(21)15(13)22/h2-8H,1H3. The zero-order valence-electron chi connectivity index (χ0n) is 12.7. The Morgan fingerprint density at radius 2 is 1.64 bits per heavy atom. The zero-order valence-corrected chi connectivity index (χ0v) is 13.5. The number of alkyl halides is 3. The molecule has 0 bridgehead atoms. The van der Waals surface area contributed by atoms with E-state index in [1.807, 2.05) is 0 Å². The second kappa shape index (κ2) is 5.41. The quantitative estimate of drug-likeness (QED) is 0.763. The van der Waals surface area contributed by atoms with Gasteiger partial charge in [0.15, 0.2) is 0 Å². The minimum Gasteiger partial charge on any atom is -0.286 e. The van der Waals surface area contributed by atoms with E-state index in [0.717, 1.165) is 12.5 Å². The number of nitrogens with zero attached hydrogens (tertiary/aromatic N) is 1. The summed E-state index contributed by atoms with van der Waals surface area (Å²) in [5.74, 6) is -2.52. The fourth-order valence-electron chi connectivity index (χ4n) is 2.67. The zero-order chi connectivity index (χ0) is 18.6. The molecule has 0 radical (unpaired) electrons. The van der Waals surface area contributed by atoms with E-state index in [0.29, 0.717) is 9.54 Å². The minimum atomic E-state index is -5.00. The molecule has 1 aromatic carbocycles. The van der Waals surface area contributed by atoms with Gasteiger partial charge in [0.05, 0.1) is 23.1 Å². The highest BCUT2D eigenvalue weighted by atomic mass is 32.2. The predicted octanol–water partition coefficient (Wildman–Crippen LogP) is 2.67. The fourth-order valence-corrected chi connectivity index (χ4v) is 3.49. The highest BCUT2D eigenvalue weighted by Crippen LogP contribution is 2.42. The van der Waals surface area contributed by atoms with Gasteiger partial charge in [0.25, 0.3) is 0 Å². The van der Waals surface area contributed by atoms with E-state index in [1.165, 1.54) is 12.1 Å². The molecule has 0 spiro atoms. The number of benzene rings is 1. The first-order valence-electron chi connectivity index (χ1n) is 6.91. The summed E-state index contributed by atoms with van der Waals surface area (Å²) in [4.78, 5) is 24.0. The molecule has 0 atom stereocenters. The molecule has 9 heteroatoms. The third-order valence-electron chi connectivity index (χ3n) is 3.70. The first kappa shape index (κ1) is 17.2. The average molecular weight is 369 g/mol. The Balaban J connectivity index is 2.46. The van der Waals surface area contributed by atoms with Gasteiger partial charge in [-0.3, -0.25) is 9.59 Å². The average Bonchev–Trinajstić information content (AvgIpc) is 2.91. The summed E-state index contributed by atoms with van der Waals surface area (Å²) in [6.07, 6.45) is -3.21. The minimum absolute atomic E-state index is 0.0470.